The van der Waals surface area contributed by atoms with Gasteiger partial charge in [0.25, 0.3) is 11.6 Å². The lowest BCUT2D eigenvalue weighted by Crippen LogP contribution is -2.34. The molecule has 0 heterocycles. The van der Waals surface area contributed by atoms with Gasteiger partial charge in [-0.25, -0.2) is 0 Å². The fraction of sp³-hybridized carbons (Fsp3) is 0.263. The number of aromatic hydroxyl groups is 1. The number of rotatable bonds is 5. The summed E-state index contributed by atoms with van der Waals surface area (Å²) >= 11 is 5.15. The molecular weight excluding hydrogens is 366 g/mol. The van der Waals surface area contributed by atoms with Crippen molar-refractivity contribution in [1.82, 2.24) is 5.32 Å². The number of amides is 1. The maximum Gasteiger partial charge on any atom is 0.273 e. The van der Waals surface area contributed by atoms with Gasteiger partial charge in [0.05, 0.1) is 10.6 Å². The summed E-state index contributed by atoms with van der Waals surface area (Å²) in [5.41, 5.74) is 1.69. The van der Waals surface area contributed by atoms with Crippen molar-refractivity contribution in [2.75, 3.05) is 5.32 Å². The first-order valence-corrected chi connectivity index (χ1v) is 8.84. The predicted octanol–water partition coefficient (Wildman–Crippen LogP) is 4.25. The number of hydrogen-bond donors (Lipinski definition) is 3. The van der Waals surface area contributed by atoms with Crippen LogP contribution >= 0.6 is 12.2 Å². The van der Waals surface area contributed by atoms with E-state index in [4.69, 9.17) is 12.2 Å². The normalized spacial score (nSPS) is 11.5. The molecule has 0 aliphatic heterocycles. The summed E-state index contributed by atoms with van der Waals surface area (Å²) < 4.78 is 0. The smallest absolute Gasteiger partial charge is 0.273 e. The van der Waals surface area contributed by atoms with Gasteiger partial charge in [0.1, 0.15) is 5.75 Å². The summed E-state index contributed by atoms with van der Waals surface area (Å²) in [4.78, 5) is 22.9. The van der Waals surface area contributed by atoms with Crippen molar-refractivity contribution in [3.05, 3.63) is 63.2 Å². The average Bonchev–Trinajstić information content (AvgIpc) is 2.62. The Morgan fingerprint density at radius 3 is 2.67 bits per heavy atom. The highest BCUT2D eigenvalue weighted by molar-refractivity contribution is 7.80. The molecule has 1 amide bonds. The number of anilines is 1. The van der Waals surface area contributed by atoms with Crippen molar-refractivity contribution in [1.29, 1.82) is 0 Å². The Kier molecular flexibility index (Phi) is 6.46. The fourth-order valence-corrected chi connectivity index (χ4v) is 2.79. The molecule has 2 rings (SSSR count). The molecule has 7 nitrogen and oxygen atoms in total. The number of phenols is 1. The summed E-state index contributed by atoms with van der Waals surface area (Å²) in [6.07, 6.45) is 0.942. The number of thiocarbonyl (C=S) groups is 1. The Bertz CT molecular complexity index is 899. The minimum atomic E-state index is -0.564. The largest absolute Gasteiger partial charge is 0.506 e. The Balaban J connectivity index is 2.16. The van der Waals surface area contributed by atoms with Crippen molar-refractivity contribution in [2.45, 2.75) is 33.1 Å². The SMILES string of the molecule is CC[C@@H](C)c1ccc(O)c(NC(=S)NC(=O)c2cccc([N+](=O)[O-])c2C)c1. The van der Waals surface area contributed by atoms with Crippen molar-refractivity contribution >= 4 is 34.6 Å². The molecule has 0 aliphatic rings. The van der Waals surface area contributed by atoms with Gasteiger partial charge in [-0.05, 0) is 55.2 Å². The summed E-state index contributed by atoms with van der Waals surface area (Å²) in [6, 6.07) is 9.45. The number of benzene rings is 2. The summed E-state index contributed by atoms with van der Waals surface area (Å²) in [6.45, 7) is 5.64. The van der Waals surface area contributed by atoms with Gasteiger partial charge in [0.2, 0.25) is 0 Å². The Morgan fingerprint density at radius 1 is 1.33 bits per heavy atom. The van der Waals surface area contributed by atoms with E-state index in [1.165, 1.54) is 25.1 Å². The maximum atomic E-state index is 12.4. The zero-order valence-corrected chi connectivity index (χ0v) is 16.1. The lowest BCUT2D eigenvalue weighted by Gasteiger charge is -2.15. The summed E-state index contributed by atoms with van der Waals surface area (Å²) in [7, 11) is 0. The van der Waals surface area contributed by atoms with Crippen LogP contribution in [0.15, 0.2) is 36.4 Å². The minimum absolute atomic E-state index is 0.00480. The second-order valence-electron chi connectivity index (χ2n) is 6.20. The topological polar surface area (TPSA) is 104 Å². The molecule has 0 radical (unpaired) electrons. The summed E-state index contributed by atoms with van der Waals surface area (Å²) in [5, 5.41) is 26.3. The minimum Gasteiger partial charge on any atom is -0.506 e. The molecule has 0 aromatic heterocycles. The monoisotopic (exact) mass is 387 g/mol. The van der Waals surface area contributed by atoms with E-state index in [-0.39, 0.29) is 27.7 Å². The number of hydrogen-bond acceptors (Lipinski definition) is 5. The van der Waals surface area contributed by atoms with Crippen molar-refractivity contribution < 1.29 is 14.8 Å². The van der Waals surface area contributed by atoms with E-state index < -0.39 is 10.8 Å². The number of nitrogens with one attached hydrogen (secondary N) is 2. The van der Waals surface area contributed by atoms with Gasteiger partial charge in [-0.15, -0.1) is 0 Å². The van der Waals surface area contributed by atoms with Crippen LogP contribution in [0.25, 0.3) is 0 Å². The Morgan fingerprint density at radius 2 is 2.04 bits per heavy atom. The highest BCUT2D eigenvalue weighted by atomic mass is 32.1. The zero-order valence-electron chi connectivity index (χ0n) is 15.3. The maximum absolute atomic E-state index is 12.4. The van der Waals surface area contributed by atoms with E-state index in [1.807, 2.05) is 6.07 Å². The lowest BCUT2D eigenvalue weighted by molar-refractivity contribution is -0.385. The van der Waals surface area contributed by atoms with Crippen molar-refractivity contribution in [2.24, 2.45) is 0 Å². The molecule has 0 spiro atoms. The Hall–Kier alpha value is -3.00. The molecule has 0 unspecified atom stereocenters. The molecule has 3 N–H and O–H groups in total. The number of nitro groups is 1. The van der Waals surface area contributed by atoms with Crippen LogP contribution in [-0.2, 0) is 0 Å². The third-order valence-electron chi connectivity index (χ3n) is 4.42. The van der Waals surface area contributed by atoms with Crippen molar-refractivity contribution in [3.8, 4) is 5.75 Å². The van der Waals surface area contributed by atoms with Gasteiger partial charge in [0.15, 0.2) is 5.11 Å². The van der Waals surface area contributed by atoms with Crippen LogP contribution < -0.4 is 10.6 Å². The highest BCUT2D eigenvalue weighted by Crippen LogP contribution is 2.29. The first kappa shape index (κ1) is 20.3. The van der Waals surface area contributed by atoms with Gasteiger partial charge in [-0.3, -0.25) is 20.2 Å². The fourth-order valence-electron chi connectivity index (χ4n) is 2.59. The third-order valence-corrected chi connectivity index (χ3v) is 4.63. The van der Waals surface area contributed by atoms with Crippen LogP contribution in [0.3, 0.4) is 0 Å². The molecule has 0 bridgehead atoms. The standard InChI is InChI=1S/C19H21N3O4S/c1-4-11(2)13-8-9-17(23)15(10-13)20-19(27)21-18(24)14-6-5-7-16(12(14)3)22(25)26/h5-11,23H,4H2,1-3H3,(H2,20,21,24,27)/t11-/m1/s1. The second-order valence-corrected chi connectivity index (χ2v) is 6.61. The molecule has 0 saturated carbocycles. The number of nitro benzene ring substituents is 1. The molecule has 0 fully saturated rings. The zero-order chi connectivity index (χ0) is 20.1. The van der Waals surface area contributed by atoms with Crippen LogP contribution in [0.1, 0.15) is 47.7 Å². The number of carbonyl (C=O) groups is 1. The molecule has 2 aromatic carbocycles. The van der Waals surface area contributed by atoms with Crippen molar-refractivity contribution in [3.63, 3.8) is 0 Å². The van der Waals surface area contributed by atoms with Crippen LogP contribution in [0, 0.1) is 17.0 Å². The number of phenolic OH excluding ortho intramolecular Hbond substituents is 1. The highest BCUT2D eigenvalue weighted by Gasteiger charge is 2.19. The van der Waals surface area contributed by atoms with E-state index in [0.29, 0.717) is 11.6 Å². The van der Waals surface area contributed by atoms with Gasteiger partial charge in [0, 0.05) is 17.2 Å². The van der Waals surface area contributed by atoms with Crippen LogP contribution in [0.5, 0.6) is 5.75 Å². The average molecular weight is 387 g/mol. The first-order valence-electron chi connectivity index (χ1n) is 8.43. The second kappa shape index (κ2) is 8.59. The van der Waals surface area contributed by atoms with E-state index in [0.717, 1.165) is 12.0 Å². The molecule has 0 aliphatic carbocycles. The molecular formula is C19H21N3O4S. The quantitative estimate of drug-likeness (QED) is 0.307. The van der Waals surface area contributed by atoms with Gasteiger partial charge in [-0.2, -0.15) is 0 Å². The summed E-state index contributed by atoms with van der Waals surface area (Å²) in [5.74, 6) is -0.252. The molecule has 8 heteroatoms. The molecule has 142 valence electrons. The van der Waals surface area contributed by atoms with Gasteiger partial charge in [-0.1, -0.05) is 26.0 Å². The van der Waals surface area contributed by atoms with Crippen LogP contribution in [0.4, 0.5) is 11.4 Å². The molecule has 2 aromatic rings. The van der Waals surface area contributed by atoms with E-state index in [2.05, 4.69) is 24.5 Å². The molecule has 1 atom stereocenters. The first-order chi connectivity index (χ1) is 12.7. The Labute approximate surface area is 162 Å². The van der Waals surface area contributed by atoms with Gasteiger partial charge < -0.3 is 10.4 Å². The van der Waals surface area contributed by atoms with Crippen LogP contribution in [-0.4, -0.2) is 21.0 Å². The number of nitrogens with zero attached hydrogens (tertiary/aromatic N) is 1. The van der Waals surface area contributed by atoms with E-state index in [9.17, 15) is 20.0 Å². The molecule has 27 heavy (non-hydrogen) atoms. The van der Waals surface area contributed by atoms with Gasteiger partial charge >= 0.3 is 0 Å². The predicted molar refractivity (Wildman–Crippen MR) is 108 cm³/mol. The van der Waals surface area contributed by atoms with Crippen LogP contribution in [0.2, 0.25) is 0 Å². The molecule has 0 saturated heterocycles. The third kappa shape index (κ3) is 4.79. The van der Waals surface area contributed by atoms with E-state index in [1.54, 1.807) is 12.1 Å². The number of carbonyl (C=O) groups excluding carboxylic acids is 1. The lowest BCUT2D eigenvalue weighted by atomic mass is 9.98. The van der Waals surface area contributed by atoms with E-state index >= 15 is 0 Å².